The van der Waals surface area contributed by atoms with Crippen molar-refractivity contribution in [3.63, 3.8) is 0 Å². The molecule has 30 heavy (non-hydrogen) atoms. The first-order valence-electron chi connectivity index (χ1n) is 9.26. The summed E-state index contributed by atoms with van der Waals surface area (Å²) in [6.07, 6.45) is 1.77. The minimum Gasteiger partial charge on any atom is -0.462 e. The average Bonchev–Trinajstić information content (AvgIpc) is 2.98. The summed E-state index contributed by atoms with van der Waals surface area (Å²) in [6, 6.07) is 14.1. The number of hydrogen-bond donors (Lipinski definition) is 1. The molecule has 0 spiro atoms. The van der Waals surface area contributed by atoms with Gasteiger partial charge in [-0.25, -0.2) is 4.79 Å². The van der Waals surface area contributed by atoms with Gasteiger partial charge in [0.25, 0.3) is 5.91 Å². The van der Waals surface area contributed by atoms with Crippen LogP contribution in [0.3, 0.4) is 0 Å². The van der Waals surface area contributed by atoms with E-state index >= 15 is 0 Å². The van der Waals surface area contributed by atoms with Crippen molar-refractivity contribution in [2.45, 2.75) is 13.8 Å². The van der Waals surface area contributed by atoms with Gasteiger partial charge in [-0.3, -0.25) is 14.5 Å². The molecule has 2 amide bonds. The molecule has 0 atom stereocenters. The van der Waals surface area contributed by atoms with Crippen LogP contribution in [-0.4, -0.2) is 40.2 Å². The summed E-state index contributed by atoms with van der Waals surface area (Å²) < 4.78 is 5.27. The lowest BCUT2D eigenvalue weighted by Gasteiger charge is -2.14. The normalized spacial score (nSPS) is 14.9. The first-order chi connectivity index (χ1) is 14.4. The maximum Gasteiger partial charge on any atom is 0.338 e. The number of amides is 2. The number of nitrogens with one attached hydrogen (secondary N) is 1. The number of esters is 1. The number of rotatable bonds is 6. The van der Waals surface area contributed by atoms with Crippen molar-refractivity contribution in [3.05, 3.63) is 70.1 Å². The zero-order valence-electron chi connectivity index (χ0n) is 16.5. The van der Waals surface area contributed by atoms with E-state index in [1.165, 1.54) is 16.7 Å². The number of anilines is 1. The van der Waals surface area contributed by atoms with Gasteiger partial charge < -0.3 is 10.1 Å². The summed E-state index contributed by atoms with van der Waals surface area (Å²) in [7, 11) is 0. The molecule has 0 aliphatic carbocycles. The molecule has 0 bridgehead atoms. The van der Waals surface area contributed by atoms with Crippen molar-refractivity contribution >= 4 is 57.8 Å². The average molecular weight is 441 g/mol. The monoisotopic (exact) mass is 440 g/mol. The molecule has 1 N–H and O–H groups in total. The molecule has 1 heterocycles. The fourth-order valence-electron chi connectivity index (χ4n) is 2.70. The van der Waals surface area contributed by atoms with Crippen LogP contribution < -0.4 is 5.32 Å². The van der Waals surface area contributed by atoms with Gasteiger partial charge >= 0.3 is 5.97 Å². The fraction of sp³-hybridized carbons (Fsp3) is 0.182. The maximum atomic E-state index is 12.7. The molecule has 154 valence electrons. The van der Waals surface area contributed by atoms with Crippen LogP contribution in [0.2, 0.25) is 0 Å². The van der Waals surface area contributed by atoms with Gasteiger partial charge in [0.15, 0.2) is 0 Å². The zero-order chi connectivity index (χ0) is 21.7. The number of carbonyl (C=O) groups excluding carboxylic acids is 3. The van der Waals surface area contributed by atoms with E-state index in [0.29, 0.717) is 27.1 Å². The number of hydrogen-bond acceptors (Lipinski definition) is 6. The molecule has 0 unspecified atom stereocenters. The predicted molar refractivity (Wildman–Crippen MR) is 122 cm³/mol. The molecule has 3 rings (SSSR count). The molecular formula is C22H20N2O4S2. The Morgan fingerprint density at radius 1 is 1.13 bits per heavy atom. The summed E-state index contributed by atoms with van der Waals surface area (Å²) in [4.78, 5) is 38.5. The number of ether oxygens (including phenoxy) is 1. The lowest BCUT2D eigenvalue weighted by atomic mass is 10.1. The molecule has 1 aliphatic rings. The molecule has 1 fully saturated rings. The highest BCUT2D eigenvalue weighted by Gasteiger charge is 2.33. The third-order valence-corrected chi connectivity index (χ3v) is 5.61. The topological polar surface area (TPSA) is 75.7 Å². The first kappa shape index (κ1) is 21.7. The molecule has 6 nitrogen and oxygen atoms in total. The van der Waals surface area contributed by atoms with Crippen molar-refractivity contribution in [2.75, 3.05) is 18.5 Å². The predicted octanol–water partition coefficient (Wildman–Crippen LogP) is 4.01. The molecule has 1 saturated heterocycles. The quantitative estimate of drug-likeness (QED) is 0.416. The third-order valence-electron chi connectivity index (χ3n) is 4.23. The van der Waals surface area contributed by atoms with E-state index in [1.54, 1.807) is 37.3 Å². The highest BCUT2D eigenvalue weighted by molar-refractivity contribution is 8.26. The van der Waals surface area contributed by atoms with Gasteiger partial charge in [0.2, 0.25) is 5.91 Å². The van der Waals surface area contributed by atoms with Gasteiger partial charge in [-0.2, -0.15) is 0 Å². The van der Waals surface area contributed by atoms with E-state index in [9.17, 15) is 14.4 Å². The second kappa shape index (κ2) is 9.69. The number of nitrogens with zero attached hydrogens (tertiary/aromatic N) is 1. The van der Waals surface area contributed by atoms with Crippen LogP contribution in [0, 0.1) is 6.92 Å². The van der Waals surface area contributed by atoms with Crippen LogP contribution in [0.15, 0.2) is 53.4 Å². The number of thioether (sulfide) groups is 1. The van der Waals surface area contributed by atoms with Gasteiger partial charge in [-0.1, -0.05) is 53.8 Å². The van der Waals surface area contributed by atoms with Crippen LogP contribution in [0.1, 0.15) is 28.4 Å². The molecular weight excluding hydrogens is 420 g/mol. The van der Waals surface area contributed by atoms with Crippen molar-refractivity contribution in [1.29, 1.82) is 0 Å². The highest BCUT2D eigenvalue weighted by Crippen LogP contribution is 2.32. The Kier molecular flexibility index (Phi) is 7.02. The molecule has 0 aromatic heterocycles. The Labute approximate surface area is 184 Å². The van der Waals surface area contributed by atoms with Crippen LogP contribution in [0.4, 0.5) is 5.69 Å². The lowest BCUT2D eigenvalue weighted by Crippen LogP contribution is -2.36. The van der Waals surface area contributed by atoms with Crippen molar-refractivity contribution < 1.29 is 19.1 Å². The summed E-state index contributed by atoms with van der Waals surface area (Å²) in [5.74, 6) is -1.10. The zero-order valence-corrected chi connectivity index (χ0v) is 18.1. The van der Waals surface area contributed by atoms with E-state index in [2.05, 4.69) is 5.32 Å². The maximum absolute atomic E-state index is 12.7. The van der Waals surface area contributed by atoms with E-state index in [1.807, 2.05) is 31.2 Å². The Bertz CT molecular complexity index is 1010. The van der Waals surface area contributed by atoms with Crippen molar-refractivity contribution in [3.8, 4) is 0 Å². The van der Waals surface area contributed by atoms with Gasteiger partial charge in [-0.05, 0) is 49.8 Å². The molecule has 0 saturated carbocycles. The second-order valence-corrected chi connectivity index (χ2v) is 8.20. The Balaban J connectivity index is 1.62. The van der Waals surface area contributed by atoms with Crippen molar-refractivity contribution in [1.82, 2.24) is 4.90 Å². The smallest absolute Gasteiger partial charge is 0.338 e. The molecule has 0 radical (unpaired) electrons. The minimum atomic E-state index is -0.423. The Hall–Kier alpha value is -2.97. The number of aryl methyl sites for hydroxylation is 1. The van der Waals surface area contributed by atoms with E-state index < -0.39 is 5.97 Å². The Morgan fingerprint density at radius 3 is 2.43 bits per heavy atom. The second-order valence-electron chi connectivity index (χ2n) is 6.52. The van der Waals surface area contributed by atoms with E-state index in [4.69, 9.17) is 17.0 Å². The third kappa shape index (κ3) is 5.34. The fourth-order valence-corrected chi connectivity index (χ4v) is 3.95. The van der Waals surface area contributed by atoms with Gasteiger partial charge in [0.05, 0.1) is 17.1 Å². The van der Waals surface area contributed by atoms with Gasteiger partial charge in [0, 0.05) is 5.69 Å². The van der Waals surface area contributed by atoms with E-state index in [0.717, 1.165) is 11.1 Å². The largest absolute Gasteiger partial charge is 0.462 e. The van der Waals surface area contributed by atoms with Gasteiger partial charge in [0.1, 0.15) is 10.9 Å². The molecule has 2 aromatic rings. The number of benzene rings is 2. The first-order valence-corrected chi connectivity index (χ1v) is 10.5. The van der Waals surface area contributed by atoms with Crippen LogP contribution in [-0.2, 0) is 14.3 Å². The molecule has 8 heteroatoms. The lowest BCUT2D eigenvalue weighted by molar-refractivity contribution is -0.126. The minimum absolute atomic E-state index is 0.185. The number of thiocarbonyl (C=S) groups is 1. The number of carbonyl (C=O) groups is 3. The van der Waals surface area contributed by atoms with E-state index in [-0.39, 0.29) is 18.4 Å². The van der Waals surface area contributed by atoms with Crippen molar-refractivity contribution in [2.24, 2.45) is 0 Å². The van der Waals surface area contributed by atoms with Crippen LogP contribution in [0.5, 0.6) is 0 Å². The summed E-state index contributed by atoms with van der Waals surface area (Å²) in [5, 5.41) is 2.71. The summed E-state index contributed by atoms with van der Waals surface area (Å²) in [5.41, 5.74) is 2.93. The Morgan fingerprint density at radius 2 is 1.80 bits per heavy atom. The summed E-state index contributed by atoms with van der Waals surface area (Å²) in [6.45, 7) is 3.83. The summed E-state index contributed by atoms with van der Waals surface area (Å²) >= 11 is 6.46. The van der Waals surface area contributed by atoms with Crippen LogP contribution >= 0.6 is 24.0 Å². The van der Waals surface area contributed by atoms with Gasteiger partial charge in [-0.15, -0.1) is 0 Å². The SMILES string of the molecule is CCOC(=O)c1ccc(NC(=O)CN2C(=O)C(=Cc3ccc(C)cc3)SC2=S)cc1. The standard InChI is InChI=1S/C22H20N2O4S2/c1-3-28-21(27)16-8-10-17(11-9-16)23-19(25)13-24-20(26)18(30-22(24)29)12-15-6-4-14(2)5-7-15/h4-12H,3,13H2,1-2H3,(H,23,25). The molecule has 1 aliphatic heterocycles. The van der Waals surface area contributed by atoms with Crippen LogP contribution in [0.25, 0.3) is 6.08 Å². The molecule has 2 aromatic carbocycles. The highest BCUT2D eigenvalue weighted by atomic mass is 32.2.